The molecule has 2 aliphatic rings. The lowest BCUT2D eigenvalue weighted by Gasteiger charge is -2.08. The lowest BCUT2D eigenvalue weighted by molar-refractivity contribution is 0.612. The van der Waals surface area contributed by atoms with Gasteiger partial charge in [0.2, 0.25) is 0 Å². The molecule has 0 atom stereocenters. The maximum absolute atomic E-state index is 2.92. The fourth-order valence-electron chi connectivity index (χ4n) is 0.989. The van der Waals surface area contributed by atoms with Gasteiger partial charge in [-0.05, 0) is 37.6 Å². The lowest BCUT2D eigenvalue weighted by atomic mass is 10.3. The molecular weight excluding hydrogens is 160 g/mol. The van der Waals surface area contributed by atoms with Gasteiger partial charge in [0.25, 0.3) is 0 Å². The number of rotatable bonds is 0. The molecule has 2 rings (SSSR count). The molecule has 2 heterocycles. The molecule has 0 bridgehead atoms. The highest BCUT2D eigenvalue weighted by atomic mass is 15.0. The van der Waals surface area contributed by atoms with Crippen LogP contribution in [0.2, 0.25) is 0 Å². The van der Waals surface area contributed by atoms with Crippen LogP contribution in [0.15, 0.2) is 49.1 Å². The van der Waals surface area contributed by atoms with Gasteiger partial charge in [0.1, 0.15) is 0 Å². The molecule has 0 aliphatic carbocycles. The normalized spacial score (nSPS) is 17.8. The molecule has 0 fully saturated rings. The minimum absolute atomic E-state index is 1.08. The van der Waals surface area contributed by atoms with Crippen LogP contribution in [0.4, 0.5) is 0 Å². The van der Waals surface area contributed by atoms with E-state index in [9.17, 15) is 0 Å². The zero-order valence-corrected chi connectivity index (χ0v) is 7.98. The highest BCUT2D eigenvalue weighted by Gasteiger charge is 1.84. The molecule has 0 aromatic carbocycles. The fourth-order valence-corrected chi connectivity index (χ4v) is 0.989. The van der Waals surface area contributed by atoms with Gasteiger partial charge >= 0.3 is 0 Å². The van der Waals surface area contributed by atoms with Gasteiger partial charge in [0.15, 0.2) is 0 Å². The van der Waals surface area contributed by atoms with Gasteiger partial charge in [-0.25, -0.2) is 0 Å². The van der Waals surface area contributed by atoms with Gasteiger partial charge in [-0.3, -0.25) is 0 Å². The summed E-state index contributed by atoms with van der Waals surface area (Å²) in [6.45, 7) is 0. The number of hydrogen-bond acceptors (Lipinski definition) is 2. The first-order valence-electron chi connectivity index (χ1n) is 4.51. The predicted octanol–water partition coefficient (Wildman–Crippen LogP) is 2.36. The second-order valence-electron chi connectivity index (χ2n) is 2.88. The van der Waals surface area contributed by atoms with Gasteiger partial charge in [-0.15, -0.1) is 0 Å². The maximum Gasteiger partial charge on any atom is 0.0106 e. The van der Waals surface area contributed by atoms with E-state index in [1.165, 1.54) is 0 Å². The third-order valence-corrected chi connectivity index (χ3v) is 1.65. The average Bonchev–Trinajstić information content (AvgIpc) is 2.22. The molecule has 0 amide bonds. The van der Waals surface area contributed by atoms with E-state index in [1.807, 2.05) is 24.3 Å². The van der Waals surface area contributed by atoms with E-state index in [4.69, 9.17) is 0 Å². The summed E-state index contributed by atoms with van der Waals surface area (Å²) < 4.78 is 0. The van der Waals surface area contributed by atoms with Crippen molar-refractivity contribution < 1.29 is 0 Å². The molecule has 0 unspecified atom stereocenters. The summed E-state index contributed by atoms with van der Waals surface area (Å²) in [6.07, 6.45) is 18.5. The molecule has 70 valence electrons. The summed E-state index contributed by atoms with van der Waals surface area (Å²) in [5.74, 6) is 0. The van der Waals surface area contributed by atoms with Crippen LogP contribution in [0.25, 0.3) is 0 Å². The summed E-state index contributed by atoms with van der Waals surface area (Å²) >= 11 is 0. The molecule has 2 aliphatic heterocycles. The van der Waals surface area contributed by atoms with Crippen molar-refractivity contribution in [3.63, 3.8) is 0 Å². The monoisotopic (exact) mass is 176 g/mol. The van der Waals surface area contributed by atoms with E-state index in [-0.39, 0.29) is 0 Å². The van der Waals surface area contributed by atoms with Crippen LogP contribution in [0.3, 0.4) is 0 Å². The molecule has 0 spiro atoms. The van der Waals surface area contributed by atoms with Crippen molar-refractivity contribution in [2.75, 3.05) is 7.05 Å². The van der Waals surface area contributed by atoms with Crippen LogP contribution in [-0.4, -0.2) is 11.9 Å². The van der Waals surface area contributed by atoms with Gasteiger partial charge in [0, 0.05) is 7.05 Å². The Morgan fingerprint density at radius 2 is 1.46 bits per heavy atom. The van der Waals surface area contributed by atoms with E-state index < -0.39 is 0 Å². The number of allylic oxidation sites excluding steroid dienone is 4. The molecule has 0 saturated carbocycles. The van der Waals surface area contributed by atoms with Crippen molar-refractivity contribution in [2.24, 2.45) is 0 Å². The van der Waals surface area contributed by atoms with Crippen molar-refractivity contribution in [1.82, 2.24) is 10.2 Å². The molecule has 2 nitrogen and oxygen atoms in total. The summed E-state index contributed by atoms with van der Waals surface area (Å²) in [5.41, 5.74) is 0. The van der Waals surface area contributed by atoms with Crippen LogP contribution >= 0.6 is 0 Å². The Labute approximate surface area is 79.9 Å². The van der Waals surface area contributed by atoms with Crippen molar-refractivity contribution in [1.29, 1.82) is 0 Å². The van der Waals surface area contributed by atoms with Crippen LogP contribution in [0, 0.1) is 0 Å². The number of nitrogens with one attached hydrogen (secondary N) is 1. The van der Waals surface area contributed by atoms with Gasteiger partial charge in [-0.1, -0.05) is 24.3 Å². The Balaban J connectivity index is 0.000000132. The largest absolute Gasteiger partial charge is 0.368 e. The molecule has 0 radical (unpaired) electrons. The second kappa shape index (κ2) is 6.12. The van der Waals surface area contributed by atoms with E-state index in [0.717, 1.165) is 12.8 Å². The third kappa shape index (κ3) is 4.90. The highest BCUT2D eigenvalue weighted by Crippen LogP contribution is 1.97. The Morgan fingerprint density at radius 1 is 0.923 bits per heavy atom. The first kappa shape index (κ1) is 9.65. The van der Waals surface area contributed by atoms with Gasteiger partial charge in [-0.2, -0.15) is 0 Å². The first-order chi connectivity index (χ1) is 6.39. The Hall–Kier alpha value is -1.44. The van der Waals surface area contributed by atoms with Crippen molar-refractivity contribution in [2.45, 2.75) is 12.8 Å². The van der Waals surface area contributed by atoms with Crippen LogP contribution in [0.1, 0.15) is 12.8 Å². The van der Waals surface area contributed by atoms with Crippen molar-refractivity contribution in [3.05, 3.63) is 49.1 Å². The Kier molecular flexibility index (Phi) is 4.54. The highest BCUT2D eigenvalue weighted by molar-refractivity contribution is 5.00. The van der Waals surface area contributed by atoms with Crippen LogP contribution in [0.5, 0.6) is 0 Å². The van der Waals surface area contributed by atoms with E-state index >= 15 is 0 Å². The molecule has 0 aromatic heterocycles. The quantitative estimate of drug-likeness (QED) is 0.609. The van der Waals surface area contributed by atoms with E-state index in [1.54, 1.807) is 0 Å². The first-order valence-corrected chi connectivity index (χ1v) is 4.51. The van der Waals surface area contributed by atoms with Gasteiger partial charge < -0.3 is 10.2 Å². The smallest absolute Gasteiger partial charge is 0.0106 e. The van der Waals surface area contributed by atoms with E-state index in [2.05, 4.69) is 42.0 Å². The van der Waals surface area contributed by atoms with Crippen molar-refractivity contribution >= 4 is 0 Å². The predicted molar refractivity (Wildman–Crippen MR) is 56.7 cm³/mol. The minimum atomic E-state index is 1.08. The summed E-state index contributed by atoms with van der Waals surface area (Å²) in [5, 5.41) is 2.92. The summed E-state index contributed by atoms with van der Waals surface area (Å²) in [7, 11) is 2.02. The van der Waals surface area contributed by atoms with Crippen LogP contribution < -0.4 is 5.32 Å². The number of dihydropyridines is 1. The summed E-state index contributed by atoms with van der Waals surface area (Å²) in [4.78, 5) is 2.03. The number of hydrogen-bond donors (Lipinski definition) is 1. The van der Waals surface area contributed by atoms with E-state index in [0.29, 0.717) is 0 Å². The maximum atomic E-state index is 2.92. The Bertz CT molecular complexity index is 204. The molecule has 0 aromatic rings. The fraction of sp³-hybridized carbons (Fsp3) is 0.273. The van der Waals surface area contributed by atoms with Crippen LogP contribution in [-0.2, 0) is 0 Å². The molecule has 2 heteroatoms. The minimum Gasteiger partial charge on any atom is -0.368 e. The standard InChI is InChI=1S/C6H9N.C5H7N/c1-7-5-3-2-4-6-7;1-2-4-6-5-3-1/h3-6H,2H2,1H3;2-6H,1H2. The summed E-state index contributed by atoms with van der Waals surface area (Å²) in [6, 6.07) is 0. The topological polar surface area (TPSA) is 15.3 Å². The molecule has 0 saturated heterocycles. The average molecular weight is 176 g/mol. The second-order valence-corrected chi connectivity index (χ2v) is 2.88. The molecule has 13 heavy (non-hydrogen) atoms. The third-order valence-electron chi connectivity index (χ3n) is 1.65. The van der Waals surface area contributed by atoms with Gasteiger partial charge in [0.05, 0.1) is 0 Å². The zero-order valence-electron chi connectivity index (χ0n) is 7.98. The SMILES string of the molecule is C1=CNC=CC1.CN1C=CCC=C1. The molecular formula is C11H16N2. The number of nitrogens with zero attached hydrogens (tertiary/aromatic N) is 1. The zero-order chi connectivity index (χ0) is 9.36. The molecule has 1 N–H and O–H groups in total. The Morgan fingerprint density at radius 3 is 1.69 bits per heavy atom. The van der Waals surface area contributed by atoms with Crippen molar-refractivity contribution in [3.8, 4) is 0 Å². The lowest BCUT2D eigenvalue weighted by Crippen LogP contribution is -2.01.